The molecule has 2 aromatic carbocycles. The van der Waals surface area contributed by atoms with Gasteiger partial charge in [0.25, 0.3) is 5.91 Å². The number of benzene rings is 2. The van der Waals surface area contributed by atoms with E-state index < -0.39 is 29.9 Å². The Morgan fingerprint density at radius 3 is 2.73 bits per heavy atom. The molecule has 0 saturated carbocycles. The Morgan fingerprint density at radius 1 is 1.07 bits per heavy atom. The van der Waals surface area contributed by atoms with Crippen LogP contribution >= 0.6 is 0 Å². The summed E-state index contributed by atoms with van der Waals surface area (Å²) in [5.41, 5.74) is 2.02. The van der Waals surface area contributed by atoms with Crippen molar-refractivity contribution in [3.05, 3.63) is 64.1 Å². The van der Waals surface area contributed by atoms with Gasteiger partial charge in [-0.15, -0.1) is 0 Å². The van der Waals surface area contributed by atoms with Gasteiger partial charge in [-0.25, -0.2) is 9.59 Å². The smallest absolute Gasteiger partial charge is 0.324 e. The van der Waals surface area contributed by atoms with Crippen LogP contribution in [-0.4, -0.2) is 39.3 Å². The van der Waals surface area contributed by atoms with E-state index in [1.807, 2.05) is 24.3 Å². The van der Waals surface area contributed by atoms with Crippen molar-refractivity contribution in [2.45, 2.75) is 24.8 Å². The zero-order valence-corrected chi connectivity index (χ0v) is 16.0. The highest BCUT2D eigenvalue weighted by Gasteiger charge is 2.54. The number of carbonyl (C=O) groups excluding carboxylic acids is 3. The van der Waals surface area contributed by atoms with Crippen LogP contribution in [0.15, 0.2) is 47.3 Å². The van der Waals surface area contributed by atoms with Gasteiger partial charge in [0.15, 0.2) is 0 Å². The average molecular weight is 405 g/mol. The first-order valence-electron chi connectivity index (χ1n) is 9.71. The molecule has 1 aliphatic carbocycles. The van der Waals surface area contributed by atoms with Crippen molar-refractivity contribution in [2.75, 3.05) is 11.9 Å². The Morgan fingerprint density at radius 2 is 1.87 bits per heavy atom. The quantitative estimate of drug-likeness (QED) is 0.493. The largest absolute Gasteiger partial charge is 0.325 e. The number of hydrogen-bond acceptors (Lipinski definition) is 4. The molecule has 2 aliphatic rings. The molecule has 1 unspecified atom stereocenters. The Kier molecular flexibility index (Phi) is 3.99. The van der Waals surface area contributed by atoms with Crippen molar-refractivity contribution in [3.63, 3.8) is 0 Å². The van der Waals surface area contributed by atoms with Gasteiger partial charge < -0.3 is 20.6 Å². The molecule has 4 N–H and O–H groups in total. The van der Waals surface area contributed by atoms with Gasteiger partial charge in [0.05, 0.1) is 11.0 Å². The van der Waals surface area contributed by atoms with Crippen molar-refractivity contribution in [1.29, 1.82) is 0 Å². The Labute approximate surface area is 170 Å². The Balaban J connectivity index is 1.36. The minimum atomic E-state index is -1.10. The average Bonchev–Trinajstić information content (AvgIpc) is 3.20. The second-order valence-electron chi connectivity index (χ2n) is 7.63. The summed E-state index contributed by atoms with van der Waals surface area (Å²) in [6, 6.07) is 11.9. The number of anilines is 1. The summed E-state index contributed by atoms with van der Waals surface area (Å²) in [4.78, 5) is 56.0. The second kappa shape index (κ2) is 6.58. The molecule has 9 heteroatoms. The summed E-state index contributed by atoms with van der Waals surface area (Å²) >= 11 is 0. The molecule has 1 saturated heterocycles. The van der Waals surface area contributed by atoms with Gasteiger partial charge in [-0.05, 0) is 48.6 Å². The van der Waals surface area contributed by atoms with E-state index in [0.29, 0.717) is 23.1 Å². The third kappa shape index (κ3) is 2.78. The molecule has 5 rings (SSSR count). The number of amides is 4. The topological polar surface area (TPSA) is 127 Å². The maximum atomic E-state index is 13.2. The number of urea groups is 1. The molecule has 0 radical (unpaired) electrons. The lowest BCUT2D eigenvalue weighted by Crippen LogP contribution is -2.47. The molecule has 30 heavy (non-hydrogen) atoms. The molecule has 9 nitrogen and oxygen atoms in total. The first-order valence-corrected chi connectivity index (χ1v) is 9.71. The molecule has 1 fully saturated rings. The van der Waals surface area contributed by atoms with Crippen LogP contribution in [0.4, 0.5) is 10.5 Å². The van der Waals surface area contributed by atoms with E-state index >= 15 is 0 Å². The fourth-order valence-corrected chi connectivity index (χ4v) is 4.41. The first-order chi connectivity index (χ1) is 14.5. The number of H-pyrrole nitrogens is 2. The summed E-state index contributed by atoms with van der Waals surface area (Å²) in [5.74, 6) is -0.905. The predicted molar refractivity (Wildman–Crippen MR) is 109 cm³/mol. The van der Waals surface area contributed by atoms with Gasteiger partial charge in [-0.1, -0.05) is 24.3 Å². The molecular weight excluding hydrogens is 386 g/mol. The number of imide groups is 1. The molecule has 1 aliphatic heterocycles. The van der Waals surface area contributed by atoms with Crippen LogP contribution in [0.2, 0.25) is 0 Å². The maximum Gasteiger partial charge on any atom is 0.325 e. The van der Waals surface area contributed by atoms with E-state index in [4.69, 9.17) is 0 Å². The van der Waals surface area contributed by atoms with Gasteiger partial charge in [0.1, 0.15) is 12.1 Å². The van der Waals surface area contributed by atoms with Gasteiger partial charge in [-0.2, -0.15) is 0 Å². The summed E-state index contributed by atoms with van der Waals surface area (Å²) in [5, 5.41) is 5.51. The second-order valence-corrected chi connectivity index (χ2v) is 7.63. The number of fused-ring (bicyclic) bond motifs is 3. The molecule has 1 atom stereocenters. The van der Waals surface area contributed by atoms with E-state index in [1.165, 1.54) is 0 Å². The molecule has 1 spiro atoms. The molecular formula is C21H19N5O4. The van der Waals surface area contributed by atoms with Crippen molar-refractivity contribution in [1.82, 2.24) is 20.2 Å². The lowest BCUT2D eigenvalue weighted by Gasteiger charge is -2.33. The Bertz CT molecular complexity index is 1260. The lowest BCUT2D eigenvalue weighted by atomic mass is 9.76. The highest BCUT2D eigenvalue weighted by atomic mass is 16.2. The fraction of sp³-hybridized carbons (Fsp3) is 0.238. The number of nitrogens with zero attached hydrogens (tertiary/aromatic N) is 1. The minimum Gasteiger partial charge on any atom is -0.324 e. The van der Waals surface area contributed by atoms with E-state index in [0.717, 1.165) is 28.9 Å². The van der Waals surface area contributed by atoms with Crippen LogP contribution in [0.3, 0.4) is 0 Å². The number of rotatable bonds is 3. The summed E-state index contributed by atoms with van der Waals surface area (Å²) in [6.07, 6.45) is 2.13. The predicted octanol–water partition coefficient (Wildman–Crippen LogP) is 1.58. The van der Waals surface area contributed by atoms with E-state index in [2.05, 4.69) is 20.6 Å². The number of hydrogen-bond donors (Lipinski definition) is 4. The molecule has 1 aromatic heterocycles. The highest BCUT2D eigenvalue weighted by molar-refractivity contribution is 6.10. The lowest BCUT2D eigenvalue weighted by molar-refractivity contribution is -0.134. The van der Waals surface area contributed by atoms with Crippen molar-refractivity contribution in [3.8, 4) is 0 Å². The fourth-order valence-electron chi connectivity index (χ4n) is 4.41. The Hall–Kier alpha value is -3.88. The maximum absolute atomic E-state index is 13.2. The normalized spacial score (nSPS) is 20.5. The standard InChI is InChI=1S/C21H19N5O4/c27-17(22-13-7-8-15-16(10-13)24-19(29)23-15)11-26-18(28)21(25-20(26)30)9-3-5-12-4-1-2-6-14(12)21/h1-2,4,6-8,10H,3,5,9,11H2,(H,22,27)(H,25,30)(H2,23,24,29). The van der Waals surface area contributed by atoms with Crippen LogP contribution in [0.25, 0.3) is 11.0 Å². The monoisotopic (exact) mass is 405 g/mol. The van der Waals surface area contributed by atoms with E-state index in [-0.39, 0.29) is 5.69 Å². The number of nitrogens with one attached hydrogen (secondary N) is 4. The van der Waals surface area contributed by atoms with Gasteiger partial charge in [0.2, 0.25) is 5.91 Å². The van der Waals surface area contributed by atoms with E-state index in [1.54, 1.807) is 18.2 Å². The number of aryl methyl sites for hydroxylation is 1. The first kappa shape index (κ1) is 18.2. The summed E-state index contributed by atoms with van der Waals surface area (Å²) in [7, 11) is 0. The van der Waals surface area contributed by atoms with Gasteiger partial charge in [0, 0.05) is 5.69 Å². The molecule has 3 aromatic rings. The van der Waals surface area contributed by atoms with Crippen molar-refractivity contribution >= 4 is 34.6 Å². The van der Waals surface area contributed by atoms with Gasteiger partial charge >= 0.3 is 11.7 Å². The molecule has 4 amide bonds. The van der Waals surface area contributed by atoms with Crippen LogP contribution in [0.5, 0.6) is 0 Å². The molecule has 152 valence electrons. The zero-order valence-electron chi connectivity index (χ0n) is 16.0. The molecule has 2 heterocycles. The van der Waals surface area contributed by atoms with Crippen LogP contribution < -0.4 is 16.3 Å². The molecule has 0 bridgehead atoms. The minimum absolute atomic E-state index is 0.342. The number of aromatic nitrogens is 2. The van der Waals surface area contributed by atoms with Gasteiger partial charge in [-0.3, -0.25) is 14.5 Å². The highest BCUT2D eigenvalue weighted by Crippen LogP contribution is 2.39. The number of carbonyl (C=O) groups is 3. The van der Waals surface area contributed by atoms with Crippen LogP contribution in [0.1, 0.15) is 24.0 Å². The third-order valence-corrected chi connectivity index (χ3v) is 5.75. The van der Waals surface area contributed by atoms with Crippen LogP contribution in [0, 0.1) is 0 Å². The zero-order chi connectivity index (χ0) is 20.9. The number of aromatic amines is 2. The number of imidazole rings is 1. The SMILES string of the molecule is O=C(CN1C(=O)NC2(CCCc3ccccc32)C1=O)Nc1ccc2[nH]c(=O)[nH]c2c1. The van der Waals surface area contributed by atoms with Crippen molar-refractivity contribution < 1.29 is 14.4 Å². The van der Waals surface area contributed by atoms with Crippen LogP contribution in [-0.2, 0) is 21.5 Å². The summed E-state index contributed by atoms with van der Waals surface area (Å²) in [6.45, 7) is -0.393. The van der Waals surface area contributed by atoms with E-state index in [9.17, 15) is 19.2 Å². The third-order valence-electron chi connectivity index (χ3n) is 5.75. The summed E-state index contributed by atoms with van der Waals surface area (Å²) < 4.78 is 0. The van der Waals surface area contributed by atoms with Crippen molar-refractivity contribution in [2.24, 2.45) is 0 Å².